The van der Waals surface area contributed by atoms with Gasteiger partial charge in [-0.15, -0.1) is 0 Å². The van der Waals surface area contributed by atoms with Crippen LogP contribution in [-0.4, -0.2) is 33.4 Å². The van der Waals surface area contributed by atoms with Gasteiger partial charge in [0.05, 0.1) is 11.4 Å². The van der Waals surface area contributed by atoms with Crippen LogP contribution >= 0.6 is 0 Å². The van der Waals surface area contributed by atoms with E-state index in [9.17, 15) is 14.7 Å². The number of benzene rings is 2. The van der Waals surface area contributed by atoms with Gasteiger partial charge in [-0.3, -0.25) is 4.79 Å². The van der Waals surface area contributed by atoms with Crippen molar-refractivity contribution in [1.82, 2.24) is 15.1 Å². The zero-order chi connectivity index (χ0) is 22.5. The molecule has 4 rings (SSSR count). The fourth-order valence-corrected chi connectivity index (χ4v) is 4.26. The second-order valence-electron chi connectivity index (χ2n) is 8.23. The van der Waals surface area contributed by atoms with Crippen LogP contribution < -0.4 is 10.6 Å². The maximum atomic E-state index is 13.0. The number of phenolic OH excluding ortho intramolecular Hbond substituents is 1. The summed E-state index contributed by atoms with van der Waals surface area (Å²) in [6, 6.07) is 16.5. The Hall–Kier alpha value is -3.61. The Labute approximate surface area is 187 Å². The summed E-state index contributed by atoms with van der Waals surface area (Å²) in [7, 11) is 0. The van der Waals surface area contributed by atoms with Gasteiger partial charge in [0.15, 0.2) is 0 Å². The molecule has 0 bridgehead atoms. The van der Waals surface area contributed by atoms with Crippen molar-refractivity contribution in [3.8, 4) is 17.0 Å². The van der Waals surface area contributed by atoms with E-state index >= 15 is 0 Å². The van der Waals surface area contributed by atoms with Crippen LogP contribution in [0.1, 0.15) is 49.8 Å². The fourth-order valence-electron chi connectivity index (χ4n) is 4.26. The van der Waals surface area contributed by atoms with Gasteiger partial charge < -0.3 is 15.7 Å². The van der Waals surface area contributed by atoms with Gasteiger partial charge in [0, 0.05) is 30.6 Å². The van der Waals surface area contributed by atoms with E-state index in [1.807, 2.05) is 36.4 Å². The van der Waals surface area contributed by atoms with Crippen LogP contribution in [0.25, 0.3) is 11.3 Å². The van der Waals surface area contributed by atoms with E-state index in [4.69, 9.17) is 0 Å². The third-order valence-electron chi connectivity index (χ3n) is 5.83. The standard InChI is InChI=1S/C25H28N4O3/c1-17(30)27-20-11-12-24(31)21(15-20)22-16-23(19-9-5-6-10-19)29(28-22)25(32)26-14-13-18-7-3-2-4-8-18/h2-4,7-8,11-12,15-16,19,31H,5-6,9-10,13-14H2,1H3,(H,26,32)(H,27,30). The Morgan fingerprint density at radius 1 is 1.09 bits per heavy atom. The van der Waals surface area contributed by atoms with E-state index < -0.39 is 0 Å². The molecule has 3 aromatic rings. The summed E-state index contributed by atoms with van der Waals surface area (Å²) in [5, 5.41) is 20.7. The molecule has 0 aliphatic heterocycles. The number of aromatic nitrogens is 2. The first-order valence-corrected chi connectivity index (χ1v) is 11.0. The van der Waals surface area contributed by atoms with Crippen LogP contribution in [0.3, 0.4) is 0 Å². The number of nitrogens with one attached hydrogen (secondary N) is 2. The van der Waals surface area contributed by atoms with E-state index in [-0.39, 0.29) is 23.6 Å². The third-order valence-corrected chi connectivity index (χ3v) is 5.83. The van der Waals surface area contributed by atoms with Crippen LogP contribution in [0.2, 0.25) is 0 Å². The number of carbonyl (C=O) groups is 2. The number of hydrogen-bond donors (Lipinski definition) is 3. The van der Waals surface area contributed by atoms with Crippen LogP contribution in [0.5, 0.6) is 5.75 Å². The Bertz CT molecular complexity index is 1100. The molecule has 1 aliphatic carbocycles. The Morgan fingerprint density at radius 3 is 2.56 bits per heavy atom. The Morgan fingerprint density at radius 2 is 1.84 bits per heavy atom. The summed E-state index contributed by atoms with van der Waals surface area (Å²) in [4.78, 5) is 24.4. The zero-order valence-corrected chi connectivity index (χ0v) is 18.2. The molecule has 0 unspecified atom stereocenters. The number of phenols is 1. The number of hydrogen-bond acceptors (Lipinski definition) is 4. The highest BCUT2D eigenvalue weighted by atomic mass is 16.3. The first-order chi connectivity index (χ1) is 15.5. The van der Waals surface area contributed by atoms with Gasteiger partial charge in [-0.05, 0) is 49.1 Å². The predicted molar refractivity (Wildman–Crippen MR) is 124 cm³/mol. The van der Waals surface area contributed by atoms with Crippen molar-refractivity contribution >= 4 is 17.6 Å². The van der Waals surface area contributed by atoms with E-state index in [1.165, 1.54) is 17.7 Å². The lowest BCUT2D eigenvalue weighted by atomic mass is 10.0. The normalized spacial score (nSPS) is 13.8. The van der Waals surface area contributed by atoms with Gasteiger partial charge in [-0.1, -0.05) is 43.2 Å². The van der Waals surface area contributed by atoms with Gasteiger partial charge in [0.2, 0.25) is 5.91 Å². The molecule has 1 heterocycles. The minimum atomic E-state index is -0.272. The van der Waals surface area contributed by atoms with Crippen molar-refractivity contribution in [2.75, 3.05) is 11.9 Å². The lowest BCUT2D eigenvalue weighted by Gasteiger charge is -2.12. The maximum absolute atomic E-state index is 13.0. The summed E-state index contributed by atoms with van der Waals surface area (Å²) in [5.41, 5.74) is 3.57. The summed E-state index contributed by atoms with van der Waals surface area (Å²) in [6.45, 7) is 1.94. The van der Waals surface area contributed by atoms with E-state index in [0.717, 1.165) is 43.4 Å². The van der Waals surface area contributed by atoms with Crippen LogP contribution in [-0.2, 0) is 11.2 Å². The Balaban J connectivity index is 1.59. The molecule has 32 heavy (non-hydrogen) atoms. The molecule has 1 fully saturated rings. The van der Waals surface area contributed by atoms with Crippen molar-refractivity contribution in [1.29, 1.82) is 0 Å². The van der Waals surface area contributed by atoms with Crippen molar-refractivity contribution in [3.63, 3.8) is 0 Å². The molecular formula is C25H28N4O3. The third kappa shape index (κ3) is 4.99. The molecule has 0 atom stereocenters. The molecule has 1 saturated carbocycles. The summed E-state index contributed by atoms with van der Waals surface area (Å²) in [5.74, 6) is 0.111. The van der Waals surface area contributed by atoms with Crippen LogP contribution in [0.4, 0.5) is 10.5 Å². The van der Waals surface area contributed by atoms with E-state index in [1.54, 1.807) is 12.1 Å². The number of carbonyl (C=O) groups excluding carboxylic acids is 2. The first-order valence-electron chi connectivity index (χ1n) is 11.0. The summed E-state index contributed by atoms with van der Waals surface area (Å²) < 4.78 is 1.45. The van der Waals surface area contributed by atoms with E-state index in [2.05, 4.69) is 15.7 Å². The number of aromatic hydroxyl groups is 1. The average Bonchev–Trinajstić information content (AvgIpc) is 3.45. The van der Waals surface area contributed by atoms with Crippen molar-refractivity contribution in [3.05, 3.63) is 65.9 Å². The first kappa shape index (κ1) is 21.6. The van der Waals surface area contributed by atoms with E-state index in [0.29, 0.717) is 23.5 Å². The molecule has 7 heteroatoms. The average molecular weight is 433 g/mol. The number of rotatable bonds is 6. The smallest absolute Gasteiger partial charge is 0.342 e. The van der Waals surface area contributed by atoms with Gasteiger partial charge in [0.1, 0.15) is 5.75 Å². The van der Waals surface area contributed by atoms with Gasteiger partial charge in [-0.25, -0.2) is 4.79 Å². The molecule has 7 nitrogen and oxygen atoms in total. The molecule has 0 radical (unpaired) electrons. The van der Waals surface area contributed by atoms with Crippen LogP contribution in [0.15, 0.2) is 54.6 Å². The second kappa shape index (κ2) is 9.68. The molecule has 1 aliphatic rings. The molecule has 1 aromatic heterocycles. The lowest BCUT2D eigenvalue weighted by molar-refractivity contribution is -0.114. The zero-order valence-electron chi connectivity index (χ0n) is 18.2. The largest absolute Gasteiger partial charge is 0.507 e. The van der Waals surface area contributed by atoms with Crippen LogP contribution in [0, 0.1) is 0 Å². The highest BCUT2D eigenvalue weighted by molar-refractivity contribution is 5.90. The molecular weight excluding hydrogens is 404 g/mol. The fraction of sp³-hybridized carbons (Fsp3) is 0.320. The molecule has 0 saturated heterocycles. The number of nitrogens with zero attached hydrogens (tertiary/aromatic N) is 2. The lowest BCUT2D eigenvalue weighted by Crippen LogP contribution is -2.32. The highest BCUT2D eigenvalue weighted by Crippen LogP contribution is 2.38. The molecule has 2 aromatic carbocycles. The Kier molecular flexibility index (Phi) is 6.54. The van der Waals surface area contributed by atoms with Gasteiger partial charge in [0.25, 0.3) is 0 Å². The quantitative estimate of drug-likeness (QED) is 0.493. The summed E-state index contributed by atoms with van der Waals surface area (Å²) in [6.07, 6.45) is 5.02. The van der Waals surface area contributed by atoms with Crippen molar-refractivity contribution < 1.29 is 14.7 Å². The van der Waals surface area contributed by atoms with Crippen molar-refractivity contribution in [2.45, 2.75) is 44.9 Å². The number of anilines is 1. The predicted octanol–water partition coefficient (Wildman–Crippen LogP) is 4.67. The molecule has 3 N–H and O–H groups in total. The topological polar surface area (TPSA) is 96.2 Å². The number of amides is 2. The maximum Gasteiger partial charge on any atom is 0.342 e. The SMILES string of the molecule is CC(=O)Nc1ccc(O)c(-c2cc(C3CCCC3)n(C(=O)NCCc3ccccc3)n2)c1. The minimum absolute atomic E-state index is 0.0474. The molecule has 2 amide bonds. The molecule has 0 spiro atoms. The summed E-state index contributed by atoms with van der Waals surface area (Å²) >= 11 is 0. The monoisotopic (exact) mass is 432 g/mol. The molecule has 166 valence electrons. The minimum Gasteiger partial charge on any atom is -0.507 e. The highest BCUT2D eigenvalue weighted by Gasteiger charge is 2.26. The second-order valence-corrected chi connectivity index (χ2v) is 8.23. The van der Waals surface area contributed by atoms with Crippen molar-refractivity contribution in [2.24, 2.45) is 0 Å². The van der Waals surface area contributed by atoms with Gasteiger partial charge in [-0.2, -0.15) is 9.78 Å². The van der Waals surface area contributed by atoms with Gasteiger partial charge >= 0.3 is 6.03 Å².